The fourth-order valence-electron chi connectivity index (χ4n) is 2.20. The van der Waals surface area contributed by atoms with E-state index in [9.17, 15) is 4.79 Å². The van der Waals surface area contributed by atoms with Gasteiger partial charge in [-0.1, -0.05) is 15.9 Å². The Hall–Kier alpha value is -0.870. The van der Waals surface area contributed by atoms with Gasteiger partial charge in [0, 0.05) is 16.6 Å². The molecule has 2 heterocycles. The molecule has 0 aliphatic carbocycles. The molecule has 1 saturated heterocycles. The van der Waals surface area contributed by atoms with Crippen molar-refractivity contribution in [3.8, 4) is 0 Å². The fraction of sp³-hybridized carbons (Fsp3) is 0.364. The molecular weight excluding hydrogens is 258 g/mol. The van der Waals surface area contributed by atoms with Crippen LogP contribution in [-0.4, -0.2) is 25.7 Å². The predicted octanol–water partition coefficient (Wildman–Crippen LogP) is 1.46. The lowest BCUT2D eigenvalue weighted by molar-refractivity contribution is -0.0603. The molecule has 2 aliphatic heterocycles. The number of carbonyl (C=O) groups excluding carboxylic acids is 1. The highest BCUT2D eigenvalue weighted by molar-refractivity contribution is 9.10. The molecule has 0 atom stereocenters. The summed E-state index contributed by atoms with van der Waals surface area (Å²) in [5.41, 5.74) is 1.92. The van der Waals surface area contributed by atoms with Crippen LogP contribution in [0, 0.1) is 0 Å². The summed E-state index contributed by atoms with van der Waals surface area (Å²) >= 11 is 3.44. The summed E-state index contributed by atoms with van der Waals surface area (Å²) in [7, 11) is 0. The Morgan fingerprint density at radius 1 is 1.40 bits per heavy atom. The Labute approximate surface area is 95.9 Å². The van der Waals surface area contributed by atoms with Gasteiger partial charge in [0.25, 0.3) is 5.91 Å². The summed E-state index contributed by atoms with van der Waals surface area (Å²) in [6.07, 6.45) is 0. The van der Waals surface area contributed by atoms with Gasteiger partial charge in [-0.05, 0) is 23.8 Å². The van der Waals surface area contributed by atoms with Crippen LogP contribution in [0.4, 0.5) is 0 Å². The average Bonchev–Trinajstić information content (AvgIpc) is 2.15. The summed E-state index contributed by atoms with van der Waals surface area (Å²) in [4.78, 5) is 11.7. The van der Waals surface area contributed by atoms with Crippen molar-refractivity contribution in [3.05, 3.63) is 33.8 Å². The molecule has 1 spiro atoms. The fourth-order valence-corrected chi connectivity index (χ4v) is 2.56. The van der Waals surface area contributed by atoms with Crippen LogP contribution in [-0.2, 0) is 10.2 Å². The first-order valence-electron chi connectivity index (χ1n) is 4.87. The predicted molar refractivity (Wildman–Crippen MR) is 59.0 cm³/mol. The Bertz CT molecular complexity index is 440. The maximum absolute atomic E-state index is 11.7. The van der Waals surface area contributed by atoms with Crippen molar-refractivity contribution in [1.82, 2.24) is 5.32 Å². The third-order valence-corrected chi connectivity index (χ3v) is 3.63. The zero-order valence-electron chi connectivity index (χ0n) is 8.05. The van der Waals surface area contributed by atoms with E-state index in [2.05, 4.69) is 21.2 Å². The molecule has 3 rings (SSSR count). The third-order valence-electron chi connectivity index (χ3n) is 3.14. The van der Waals surface area contributed by atoms with E-state index in [4.69, 9.17) is 4.74 Å². The molecule has 2 aliphatic rings. The third kappa shape index (κ3) is 1.25. The van der Waals surface area contributed by atoms with Crippen molar-refractivity contribution in [3.63, 3.8) is 0 Å². The molecule has 4 heteroatoms. The van der Waals surface area contributed by atoms with E-state index in [-0.39, 0.29) is 11.3 Å². The highest BCUT2D eigenvalue weighted by Crippen LogP contribution is 2.37. The van der Waals surface area contributed by atoms with Gasteiger partial charge in [-0.3, -0.25) is 4.79 Å². The topological polar surface area (TPSA) is 38.3 Å². The summed E-state index contributed by atoms with van der Waals surface area (Å²) in [5, 5.41) is 2.92. The number of halogens is 1. The second-order valence-corrected chi connectivity index (χ2v) is 5.06. The van der Waals surface area contributed by atoms with Crippen LogP contribution in [0.25, 0.3) is 0 Å². The van der Waals surface area contributed by atoms with Crippen molar-refractivity contribution in [2.24, 2.45) is 0 Å². The number of nitrogens with one attached hydrogen (secondary N) is 1. The van der Waals surface area contributed by atoms with Crippen molar-refractivity contribution in [1.29, 1.82) is 0 Å². The zero-order chi connectivity index (χ0) is 10.5. The van der Waals surface area contributed by atoms with Crippen LogP contribution in [0.2, 0.25) is 0 Å². The Balaban J connectivity index is 2.18. The summed E-state index contributed by atoms with van der Waals surface area (Å²) in [6.45, 7) is 2.10. The highest BCUT2D eigenvalue weighted by atomic mass is 79.9. The first-order chi connectivity index (χ1) is 7.21. The summed E-state index contributed by atoms with van der Waals surface area (Å²) in [5.74, 6) is 0.0232. The first kappa shape index (κ1) is 9.36. The number of benzene rings is 1. The molecule has 0 bridgehead atoms. The van der Waals surface area contributed by atoms with E-state index >= 15 is 0 Å². The highest BCUT2D eigenvalue weighted by Gasteiger charge is 2.45. The van der Waals surface area contributed by atoms with Gasteiger partial charge in [0.2, 0.25) is 0 Å². The lowest BCUT2D eigenvalue weighted by atomic mass is 9.74. The second kappa shape index (κ2) is 3.06. The van der Waals surface area contributed by atoms with E-state index in [0.717, 1.165) is 15.6 Å². The van der Waals surface area contributed by atoms with Gasteiger partial charge in [-0.25, -0.2) is 0 Å². The largest absolute Gasteiger partial charge is 0.379 e. The number of ether oxygens (including phenoxy) is 1. The van der Waals surface area contributed by atoms with E-state index < -0.39 is 0 Å². The molecular formula is C11H10BrNO2. The molecule has 0 saturated carbocycles. The molecule has 1 fully saturated rings. The van der Waals surface area contributed by atoms with Gasteiger partial charge in [-0.15, -0.1) is 0 Å². The molecule has 78 valence electrons. The number of hydrogen-bond acceptors (Lipinski definition) is 2. The molecule has 0 radical (unpaired) electrons. The molecule has 1 aromatic carbocycles. The lowest BCUT2D eigenvalue weighted by Gasteiger charge is -2.45. The van der Waals surface area contributed by atoms with E-state index in [1.807, 2.05) is 18.2 Å². The van der Waals surface area contributed by atoms with Gasteiger partial charge in [0.1, 0.15) is 0 Å². The second-order valence-electron chi connectivity index (χ2n) is 4.15. The Morgan fingerprint density at radius 2 is 2.20 bits per heavy atom. The van der Waals surface area contributed by atoms with Crippen molar-refractivity contribution in [2.45, 2.75) is 5.41 Å². The van der Waals surface area contributed by atoms with Gasteiger partial charge >= 0.3 is 0 Å². The number of hydrogen-bond donors (Lipinski definition) is 1. The molecule has 3 nitrogen and oxygen atoms in total. The van der Waals surface area contributed by atoms with E-state index in [0.29, 0.717) is 19.8 Å². The van der Waals surface area contributed by atoms with Gasteiger partial charge < -0.3 is 10.1 Å². The minimum atomic E-state index is 0.0209. The zero-order valence-corrected chi connectivity index (χ0v) is 9.63. The van der Waals surface area contributed by atoms with Crippen molar-refractivity contribution < 1.29 is 9.53 Å². The molecule has 0 unspecified atom stereocenters. The monoisotopic (exact) mass is 267 g/mol. The number of carbonyl (C=O) groups is 1. The molecule has 1 N–H and O–H groups in total. The van der Waals surface area contributed by atoms with Gasteiger partial charge in [-0.2, -0.15) is 0 Å². The standard InChI is InChI=1S/C11H10BrNO2/c12-7-1-2-8-9(3-7)11(5-15-6-11)4-13-10(8)14/h1-3H,4-6H2,(H,13,14). The van der Waals surface area contributed by atoms with Gasteiger partial charge in [0.15, 0.2) is 0 Å². The smallest absolute Gasteiger partial charge is 0.251 e. The van der Waals surface area contributed by atoms with E-state index in [1.54, 1.807) is 0 Å². The minimum absolute atomic E-state index is 0.0209. The Kier molecular flexibility index (Phi) is 1.91. The maximum atomic E-state index is 11.7. The number of fused-ring (bicyclic) bond motifs is 2. The minimum Gasteiger partial charge on any atom is -0.379 e. The first-order valence-corrected chi connectivity index (χ1v) is 5.67. The number of rotatable bonds is 0. The SMILES string of the molecule is O=C1NCC2(COC2)c2cc(Br)ccc21. The number of amides is 1. The maximum Gasteiger partial charge on any atom is 0.251 e. The van der Waals surface area contributed by atoms with Crippen LogP contribution in [0.15, 0.2) is 22.7 Å². The molecule has 15 heavy (non-hydrogen) atoms. The van der Waals surface area contributed by atoms with Crippen molar-refractivity contribution in [2.75, 3.05) is 19.8 Å². The summed E-state index contributed by atoms with van der Waals surface area (Å²) in [6, 6.07) is 5.81. The van der Waals surface area contributed by atoms with Crippen molar-refractivity contribution >= 4 is 21.8 Å². The van der Waals surface area contributed by atoms with Crippen LogP contribution in [0.1, 0.15) is 15.9 Å². The van der Waals surface area contributed by atoms with Crippen LogP contribution in [0.5, 0.6) is 0 Å². The summed E-state index contributed by atoms with van der Waals surface area (Å²) < 4.78 is 6.30. The molecule has 1 amide bonds. The Morgan fingerprint density at radius 3 is 2.87 bits per heavy atom. The van der Waals surface area contributed by atoms with Crippen LogP contribution >= 0.6 is 15.9 Å². The van der Waals surface area contributed by atoms with Crippen LogP contribution in [0.3, 0.4) is 0 Å². The van der Waals surface area contributed by atoms with Gasteiger partial charge in [0.05, 0.1) is 18.6 Å². The normalized spacial score (nSPS) is 21.8. The van der Waals surface area contributed by atoms with Crippen LogP contribution < -0.4 is 5.32 Å². The van der Waals surface area contributed by atoms with E-state index in [1.165, 1.54) is 0 Å². The lowest BCUT2D eigenvalue weighted by Crippen LogP contribution is -2.58. The molecule has 0 aromatic heterocycles. The quantitative estimate of drug-likeness (QED) is 0.773. The average molecular weight is 268 g/mol. The molecule has 1 aromatic rings.